The van der Waals surface area contributed by atoms with Crippen LogP contribution in [0.3, 0.4) is 0 Å². The van der Waals surface area contributed by atoms with Gasteiger partial charge in [-0.3, -0.25) is 4.79 Å². The summed E-state index contributed by atoms with van der Waals surface area (Å²) in [7, 11) is 0. The highest BCUT2D eigenvalue weighted by Gasteiger charge is 2.27. The molecule has 4 heteroatoms. The van der Waals surface area contributed by atoms with Crippen molar-refractivity contribution in [2.24, 2.45) is 0 Å². The largest absolute Gasteiger partial charge is 0.387 e. The summed E-state index contributed by atoms with van der Waals surface area (Å²) in [6, 6.07) is 0. The molecule has 0 saturated carbocycles. The Balaban J connectivity index is 2.45. The molecule has 1 rings (SSSR count). The monoisotopic (exact) mass is 217 g/mol. The fourth-order valence-corrected chi connectivity index (χ4v) is 2.51. The van der Waals surface area contributed by atoms with Crippen molar-refractivity contribution in [3.05, 3.63) is 0 Å². The van der Waals surface area contributed by atoms with Crippen molar-refractivity contribution in [2.45, 2.75) is 31.8 Å². The molecule has 1 unspecified atom stereocenters. The van der Waals surface area contributed by atoms with E-state index in [1.165, 1.54) is 0 Å². The molecule has 1 atom stereocenters. The summed E-state index contributed by atoms with van der Waals surface area (Å²) in [5.74, 6) is 0.870. The second-order valence-corrected chi connectivity index (χ2v) is 5.07. The van der Waals surface area contributed by atoms with Gasteiger partial charge >= 0.3 is 0 Å². The molecule has 1 fully saturated rings. The minimum Gasteiger partial charge on any atom is -0.387 e. The number of hydrogen-bond acceptors (Lipinski definition) is 3. The molecule has 14 heavy (non-hydrogen) atoms. The highest BCUT2D eigenvalue weighted by atomic mass is 32.2. The van der Waals surface area contributed by atoms with Gasteiger partial charge in [-0.15, -0.1) is 0 Å². The lowest BCUT2D eigenvalue weighted by atomic mass is 10.1. The Morgan fingerprint density at radius 3 is 2.86 bits per heavy atom. The number of rotatable bonds is 4. The smallest absolute Gasteiger partial charge is 0.222 e. The summed E-state index contributed by atoms with van der Waals surface area (Å²) < 4.78 is 0. The standard InChI is InChI=1S/C10H19NO2S/c1-10(13,8-14-2)7-11-6-4-3-5-9(11)12/h13H,3-8H2,1-2H3. The molecule has 82 valence electrons. The van der Waals surface area contributed by atoms with Gasteiger partial charge in [-0.2, -0.15) is 11.8 Å². The average molecular weight is 217 g/mol. The summed E-state index contributed by atoms with van der Waals surface area (Å²) >= 11 is 1.61. The molecule has 1 aliphatic heterocycles. The first-order valence-corrected chi connectivity index (χ1v) is 6.44. The fraction of sp³-hybridized carbons (Fsp3) is 0.900. The Morgan fingerprint density at radius 1 is 1.57 bits per heavy atom. The topological polar surface area (TPSA) is 40.5 Å². The number of thioether (sulfide) groups is 1. The third-order valence-electron chi connectivity index (χ3n) is 2.41. The Labute approximate surface area is 89.9 Å². The van der Waals surface area contributed by atoms with Crippen LogP contribution in [-0.2, 0) is 4.79 Å². The summed E-state index contributed by atoms with van der Waals surface area (Å²) in [5, 5.41) is 9.97. The number of carbonyl (C=O) groups is 1. The maximum atomic E-state index is 11.5. The van der Waals surface area contributed by atoms with Crippen LogP contribution in [0.2, 0.25) is 0 Å². The molecule has 0 aliphatic carbocycles. The predicted molar refractivity (Wildman–Crippen MR) is 59.4 cm³/mol. The number of aliphatic hydroxyl groups is 1. The molecule has 0 aromatic heterocycles. The van der Waals surface area contributed by atoms with Gasteiger partial charge in [0, 0.05) is 25.3 Å². The first-order chi connectivity index (χ1) is 6.55. The second kappa shape index (κ2) is 5.03. The van der Waals surface area contributed by atoms with Gasteiger partial charge in [0.25, 0.3) is 0 Å². The third kappa shape index (κ3) is 3.50. The molecule has 0 spiro atoms. The van der Waals surface area contributed by atoms with Gasteiger partial charge in [0.1, 0.15) is 0 Å². The molecule has 1 heterocycles. The zero-order chi connectivity index (χ0) is 10.6. The van der Waals surface area contributed by atoms with Gasteiger partial charge in [-0.1, -0.05) is 0 Å². The van der Waals surface area contributed by atoms with Gasteiger partial charge in [-0.25, -0.2) is 0 Å². The van der Waals surface area contributed by atoms with Gasteiger partial charge in [0.2, 0.25) is 5.91 Å². The van der Waals surface area contributed by atoms with E-state index in [-0.39, 0.29) is 5.91 Å². The lowest BCUT2D eigenvalue weighted by molar-refractivity contribution is -0.136. The van der Waals surface area contributed by atoms with Crippen molar-refractivity contribution in [1.29, 1.82) is 0 Å². The van der Waals surface area contributed by atoms with Crippen LogP contribution in [0.5, 0.6) is 0 Å². The lowest BCUT2D eigenvalue weighted by Crippen LogP contribution is -2.47. The van der Waals surface area contributed by atoms with Crippen molar-refractivity contribution in [2.75, 3.05) is 25.1 Å². The SMILES string of the molecule is CSCC(C)(O)CN1CCCCC1=O. The molecule has 1 aliphatic rings. The maximum Gasteiger partial charge on any atom is 0.222 e. The number of piperidine rings is 1. The zero-order valence-corrected chi connectivity index (χ0v) is 9.77. The van der Waals surface area contributed by atoms with Crippen LogP contribution in [0.1, 0.15) is 26.2 Å². The Bertz CT molecular complexity index is 206. The Kier molecular flexibility index (Phi) is 4.26. The normalized spacial score (nSPS) is 22.2. The molecule has 0 aromatic rings. The maximum absolute atomic E-state index is 11.5. The molecule has 3 nitrogen and oxygen atoms in total. The van der Waals surface area contributed by atoms with Crippen molar-refractivity contribution in [3.8, 4) is 0 Å². The van der Waals surface area contributed by atoms with E-state index in [2.05, 4.69) is 0 Å². The molecule has 0 bridgehead atoms. The van der Waals surface area contributed by atoms with Crippen molar-refractivity contribution in [1.82, 2.24) is 4.90 Å². The van der Waals surface area contributed by atoms with E-state index >= 15 is 0 Å². The highest BCUT2D eigenvalue weighted by Crippen LogP contribution is 2.17. The minimum absolute atomic E-state index is 0.192. The van der Waals surface area contributed by atoms with Crippen LogP contribution in [-0.4, -0.2) is 46.6 Å². The van der Waals surface area contributed by atoms with Crippen molar-refractivity contribution in [3.63, 3.8) is 0 Å². The molecule has 1 amide bonds. The van der Waals surface area contributed by atoms with Crippen molar-refractivity contribution < 1.29 is 9.90 Å². The van der Waals surface area contributed by atoms with E-state index in [1.807, 2.05) is 6.26 Å². The molecule has 0 radical (unpaired) electrons. The van der Waals surface area contributed by atoms with Crippen LogP contribution >= 0.6 is 11.8 Å². The van der Waals surface area contributed by atoms with E-state index in [4.69, 9.17) is 0 Å². The summed E-state index contributed by atoms with van der Waals surface area (Å²) in [4.78, 5) is 13.3. The highest BCUT2D eigenvalue weighted by molar-refractivity contribution is 7.98. The molecule has 0 aromatic carbocycles. The fourth-order valence-electron chi connectivity index (χ4n) is 1.80. The molecule has 1 saturated heterocycles. The number of hydrogen-bond donors (Lipinski definition) is 1. The summed E-state index contributed by atoms with van der Waals surface area (Å²) in [6.07, 6.45) is 4.68. The lowest BCUT2D eigenvalue weighted by Gasteiger charge is -2.33. The number of amides is 1. The van der Waals surface area contributed by atoms with E-state index in [9.17, 15) is 9.90 Å². The Morgan fingerprint density at radius 2 is 2.29 bits per heavy atom. The predicted octanol–water partition coefficient (Wildman–Crippen LogP) is 1.11. The van der Waals surface area contributed by atoms with Crippen LogP contribution < -0.4 is 0 Å². The van der Waals surface area contributed by atoms with Crippen LogP contribution in [0.4, 0.5) is 0 Å². The second-order valence-electron chi connectivity index (χ2n) is 4.20. The Hall–Kier alpha value is -0.220. The number of β-amino-alcohol motifs (C(OH)–C–C–N with tert-alkyl or cyclic N) is 1. The zero-order valence-electron chi connectivity index (χ0n) is 8.95. The van der Waals surface area contributed by atoms with E-state index in [0.717, 1.165) is 19.4 Å². The molecule has 1 N–H and O–H groups in total. The first-order valence-electron chi connectivity index (χ1n) is 5.04. The van der Waals surface area contributed by atoms with Crippen molar-refractivity contribution >= 4 is 17.7 Å². The van der Waals surface area contributed by atoms with E-state index in [1.54, 1.807) is 23.6 Å². The van der Waals surface area contributed by atoms with Gasteiger partial charge in [0.05, 0.1) is 5.60 Å². The van der Waals surface area contributed by atoms with Gasteiger partial charge in [-0.05, 0) is 26.0 Å². The van der Waals surface area contributed by atoms with E-state index < -0.39 is 5.60 Å². The molecular weight excluding hydrogens is 198 g/mol. The first kappa shape index (κ1) is 11.9. The summed E-state index contributed by atoms with van der Waals surface area (Å²) in [5.41, 5.74) is -0.744. The average Bonchev–Trinajstić information content (AvgIpc) is 2.08. The number of likely N-dealkylation sites (tertiary alicyclic amines) is 1. The quantitative estimate of drug-likeness (QED) is 0.767. The summed E-state index contributed by atoms with van der Waals surface area (Å²) in [6.45, 7) is 3.08. The van der Waals surface area contributed by atoms with Crippen LogP contribution in [0.15, 0.2) is 0 Å². The van der Waals surface area contributed by atoms with Gasteiger partial charge < -0.3 is 10.0 Å². The van der Waals surface area contributed by atoms with Crippen LogP contribution in [0, 0.1) is 0 Å². The minimum atomic E-state index is -0.744. The van der Waals surface area contributed by atoms with Gasteiger partial charge in [0.15, 0.2) is 0 Å². The molecular formula is C10H19NO2S. The third-order valence-corrected chi connectivity index (χ3v) is 3.32. The van der Waals surface area contributed by atoms with E-state index in [0.29, 0.717) is 18.7 Å². The number of nitrogens with zero attached hydrogens (tertiary/aromatic N) is 1. The van der Waals surface area contributed by atoms with Crippen LogP contribution in [0.25, 0.3) is 0 Å². The number of carbonyl (C=O) groups excluding carboxylic acids is 1.